The molecule has 3 rings (SSSR count). The molecule has 3 nitrogen and oxygen atoms in total. The minimum Gasteiger partial charge on any atom is -0.459 e. The summed E-state index contributed by atoms with van der Waals surface area (Å²) < 4.78 is 5.89. The first-order valence-electron chi connectivity index (χ1n) is 7.62. The summed E-state index contributed by atoms with van der Waals surface area (Å²) in [6.07, 6.45) is 2.58. The van der Waals surface area contributed by atoms with Crippen LogP contribution in [0.4, 0.5) is 0 Å². The molecular formula is C17H24N2O. The highest BCUT2D eigenvalue weighted by molar-refractivity contribution is 5.82. The van der Waals surface area contributed by atoms with Gasteiger partial charge in [0.15, 0.2) is 0 Å². The molecule has 1 aromatic carbocycles. The quantitative estimate of drug-likeness (QED) is 0.929. The predicted molar refractivity (Wildman–Crippen MR) is 82.4 cm³/mol. The molecule has 20 heavy (non-hydrogen) atoms. The van der Waals surface area contributed by atoms with Crippen molar-refractivity contribution in [2.24, 2.45) is 11.7 Å². The fourth-order valence-electron chi connectivity index (χ4n) is 3.38. The molecule has 1 aliphatic rings. The number of nitrogens with two attached hydrogens (primary N) is 1. The van der Waals surface area contributed by atoms with Gasteiger partial charge >= 0.3 is 0 Å². The first-order chi connectivity index (χ1) is 9.69. The predicted octanol–water partition coefficient (Wildman–Crippen LogP) is 3.51. The number of likely N-dealkylation sites (tertiary alicyclic amines) is 1. The van der Waals surface area contributed by atoms with Crippen LogP contribution in [0.2, 0.25) is 0 Å². The van der Waals surface area contributed by atoms with Gasteiger partial charge in [0, 0.05) is 23.5 Å². The summed E-state index contributed by atoms with van der Waals surface area (Å²) in [5, 5.41) is 1.22. The lowest BCUT2D eigenvalue weighted by atomic mass is 9.93. The second-order valence-corrected chi connectivity index (χ2v) is 6.15. The number of hydrogen-bond acceptors (Lipinski definition) is 3. The lowest BCUT2D eigenvalue weighted by molar-refractivity contribution is 0.122. The van der Waals surface area contributed by atoms with E-state index in [0.717, 1.165) is 23.8 Å². The number of piperidine rings is 1. The maximum absolute atomic E-state index is 5.89. The molecule has 1 aliphatic heterocycles. The first-order valence-corrected chi connectivity index (χ1v) is 7.62. The fourth-order valence-corrected chi connectivity index (χ4v) is 3.38. The highest BCUT2D eigenvalue weighted by Gasteiger charge is 2.25. The molecule has 2 atom stereocenters. The summed E-state index contributed by atoms with van der Waals surface area (Å²) in [5.74, 6) is 1.79. The Morgan fingerprint density at radius 3 is 2.85 bits per heavy atom. The standard InChI is InChI=1S/C17H24N2O/c1-12-7-8-19(13(2)9-12)11-15-14-5-3-4-6-16(14)20-17(15)10-18/h3-6,12-13H,7-11,18H2,1-2H3. The highest BCUT2D eigenvalue weighted by atomic mass is 16.3. The van der Waals surface area contributed by atoms with Crippen molar-refractivity contribution in [3.05, 3.63) is 35.6 Å². The van der Waals surface area contributed by atoms with Crippen LogP contribution in [0.25, 0.3) is 11.0 Å². The van der Waals surface area contributed by atoms with E-state index in [4.69, 9.17) is 10.2 Å². The number of hydrogen-bond donors (Lipinski definition) is 1. The van der Waals surface area contributed by atoms with E-state index in [1.165, 1.54) is 30.3 Å². The van der Waals surface area contributed by atoms with Gasteiger partial charge in [-0.05, 0) is 38.3 Å². The maximum atomic E-state index is 5.89. The van der Waals surface area contributed by atoms with Gasteiger partial charge in [0.1, 0.15) is 11.3 Å². The van der Waals surface area contributed by atoms with E-state index < -0.39 is 0 Å². The van der Waals surface area contributed by atoms with E-state index >= 15 is 0 Å². The monoisotopic (exact) mass is 272 g/mol. The third-order valence-electron chi connectivity index (χ3n) is 4.60. The SMILES string of the molecule is CC1CCN(Cc2c(CN)oc3ccccc23)C(C)C1. The van der Waals surface area contributed by atoms with Gasteiger partial charge < -0.3 is 10.2 Å². The van der Waals surface area contributed by atoms with Gasteiger partial charge in [0.05, 0.1) is 6.54 Å². The maximum Gasteiger partial charge on any atom is 0.134 e. The Labute approximate surface area is 120 Å². The van der Waals surface area contributed by atoms with Crippen LogP contribution < -0.4 is 5.73 Å². The summed E-state index contributed by atoms with van der Waals surface area (Å²) in [6.45, 7) is 7.29. The van der Waals surface area contributed by atoms with E-state index in [0.29, 0.717) is 12.6 Å². The third-order valence-corrected chi connectivity index (χ3v) is 4.60. The summed E-state index contributed by atoms with van der Waals surface area (Å²) >= 11 is 0. The summed E-state index contributed by atoms with van der Waals surface area (Å²) in [6, 6.07) is 8.90. The molecule has 1 saturated heterocycles. The van der Waals surface area contributed by atoms with Crippen LogP contribution in [0, 0.1) is 5.92 Å². The molecule has 1 aromatic heterocycles. The van der Waals surface area contributed by atoms with Crippen LogP contribution in [-0.2, 0) is 13.1 Å². The molecule has 2 N–H and O–H groups in total. The number of para-hydroxylation sites is 1. The molecule has 0 aliphatic carbocycles. The number of fused-ring (bicyclic) bond motifs is 1. The second kappa shape index (κ2) is 5.58. The fraction of sp³-hybridized carbons (Fsp3) is 0.529. The average Bonchev–Trinajstić information content (AvgIpc) is 2.80. The zero-order valence-electron chi connectivity index (χ0n) is 12.4. The van der Waals surface area contributed by atoms with Gasteiger partial charge in [-0.1, -0.05) is 25.1 Å². The Kier molecular flexibility index (Phi) is 3.81. The molecule has 2 aromatic rings. The van der Waals surface area contributed by atoms with Crippen molar-refractivity contribution < 1.29 is 4.42 Å². The molecule has 0 radical (unpaired) electrons. The minimum atomic E-state index is 0.475. The van der Waals surface area contributed by atoms with Crippen LogP contribution >= 0.6 is 0 Å². The van der Waals surface area contributed by atoms with Crippen LogP contribution in [0.5, 0.6) is 0 Å². The van der Waals surface area contributed by atoms with Crippen LogP contribution in [0.3, 0.4) is 0 Å². The van der Waals surface area contributed by atoms with E-state index in [1.807, 2.05) is 12.1 Å². The van der Waals surface area contributed by atoms with E-state index in [9.17, 15) is 0 Å². The highest BCUT2D eigenvalue weighted by Crippen LogP contribution is 2.30. The largest absolute Gasteiger partial charge is 0.459 e. The minimum absolute atomic E-state index is 0.475. The molecule has 0 saturated carbocycles. The average molecular weight is 272 g/mol. The van der Waals surface area contributed by atoms with E-state index in [1.54, 1.807) is 0 Å². The van der Waals surface area contributed by atoms with E-state index in [-0.39, 0.29) is 0 Å². The van der Waals surface area contributed by atoms with Crippen molar-refractivity contribution in [3.63, 3.8) is 0 Å². The zero-order valence-corrected chi connectivity index (χ0v) is 12.4. The van der Waals surface area contributed by atoms with Crippen molar-refractivity contribution in [1.29, 1.82) is 0 Å². The Hall–Kier alpha value is -1.32. The summed E-state index contributed by atoms with van der Waals surface area (Å²) in [7, 11) is 0. The summed E-state index contributed by atoms with van der Waals surface area (Å²) in [4.78, 5) is 2.57. The topological polar surface area (TPSA) is 42.4 Å². The molecule has 3 heteroatoms. The summed E-state index contributed by atoms with van der Waals surface area (Å²) in [5.41, 5.74) is 8.11. The van der Waals surface area contributed by atoms with Crippen LogP contribution in [-0.4, -0.2) is 17.5 Å². The van der Waals surface area contributed by atoms with Crippen LogP contribution in [0.15, 0.2) is 28.7 Å². The van der Waals surface area contributed by atoms with Gasteiger partial charge in [0.25, 0.3) is 0 Å². The molecular weight excluding hydrogens is 248 g/mol. The lowest BCUT2D eigenvalue weighted by Crippen LogP contribution is -2.39. The van der Waals surface area contributed by atoms with Gasteiger partial charge in [-0.15, -0.1) is 0 Å². The Morgan fingerprint density at radius 2 is 2.10 bits per heavy atom. The third kappa shape index (κ3) is 2.48. The van der Waals surface area contributed by atoms with Crippen LogP contribution in [0.1, 0.15) is 38.0 Å². The molecule has 0 bridgehead atoms. The van der Waals surface area contributed by atoms with Crippen molar-refractivity contribution in [2.45, 2.75) is 45.8 Å². The molecule has 0 spiro atoms. The second-order valence-electron chi connectivity index (χ2n) is 6.15. The molecule has 2 heterocycles. The zero-order chi connectivity index (χ0) is 14.1. The smallest absolute Gasteiger partial charge is 0.134 e. The normalized spacial score (nSPS) is 24.4. The number of nitrogens with zero attached hydrogens (tertiary/aromatic N) is 1. The molecule has 1 fully saturated rings. The molecule has 0 amide bonds. The number of benzene rings is 1. The Balaban J connectivity index is 1.90. The van der Waals surface area contributed by atoms with Crippen molar-refractivity contribution in [1.82, 2.24) is 4.90 Å². The van der Waals surface area contributed by atoms with Gasteiger partial charge in [-0.25, -0.2) is 0 Å². The van der Waals surface area contributed by atoms with E-state index in [2.05, 4.69) is 30.9 Å². The van der Waals surface area contributed by atoms with Crippen molar-refractivity contribution >= 4 is 11.0 Å². The van der Waals surface area contributed by atoms with Gasteiger partial charge in [-0.2, -0.15) is 0 Å². The van der Waals surface area contributed by atoms with Crippen molar-refractivity contribution in [2.75, 3.05) is 6.54 Å². The Morgan fingerprint density at radius 1 is 1.30 bits per heavy atom. The van der Waals surface area contributed by atoms with Gasteiger partial charge in [0.2, 0.25) is 0 Å². The molecule has 108 valence electrons. The van der Waals surface area contributed by atoms with Gasteiger partial charge in [-0.3, -0.25) is 4.90 Å². The first kappa shape index (κ1) is 13.7. The number of rotatable bonds is 3. The lowest BCUT2D eigenvalue weighted by Gasteiger charge is -2.36. The number of furan rings is 1. The molecule has 2 unspecified atom stereocenters. The van der Waals surface area contributed by atoms with Crippen molar-refractivity contribution in [3.8, 4) is 0 Å². The Bertz CT molecular complexity index is 590.